The van der Waals surface area contributed by atoms with Crippen molar-refractivity contribution in [3.63, 3.8) is 0 Å². The van der Waals surface area contributed by atoms with Crippen LogP contribution in [0.4, 0.5) is 0 Å². The van der Waals surface area contributed by atoms with Gasteiger partial charge in [0.05, 0.1) is 14.2 Å². The second kappa shape index (κ2) is 13.5. The third kappa shape index (κ3) is 7.28. The van der Waals surface area contributed by atoms with Crippen molar-refractivity contribution in [2.75, 3.05) is 20.8 Å². The number of methoxy groups -OCH3 is 2. The second-order valence-corrected chi connectivity index (χ2v) is 9.51. The van der Waals surface area contributed by atoms with E-state index in [0.717, 1.165) is 36.8 Å². The van der Waals surface area contributed by atoms with Gasteiger partial charge in [0.2, 0.25) is 5.91 Å². The molecule has 0 aromatic heterocycles. The fraction of sp³-hybridized carbons (Fsp3) is 0.355. The van der Waals surface area contributed by atoms with Gasteiger partial charge in [0.1, 0.15) is 11.8 Å². The van der Waals surface area contributed by atoms with Crippen molar-refractivity contribution in [2.45, 2.75) is 50.7 Å². The molecule has 1 aliphatic carbocycles. The zero-order chi connectivity index (χ0) is 26.7. The number of carbonyl (C=O) groups is 2. The first kappa shape index (κ1) is 27.0. The van der Waals surface area contributed by atoms with Gasteiger partial charge in [0.25, 0.3) is 5.91 Å². The van der Waals surface area contributed by atoms with E-state index in [-0.39, 0.29) is 31.0 Å². The molecular weight excluding hydrogens is 480 g/mol. The molecule has 2 amide bonds. The molecule has 7 nitrogen and oxygen atoms in total. The second-order valence-electron chi connectivity index (χ2n) is 9.51. The highest BCUT2D eigenvalue weighted by molar-refractivity contribution is 5.88. The van der Waals surface area contributed by atoms with Gasteiger partial charge >= 0.3 is 0 Å². The van der Waals surface area contributed by atoms with Crippen LogP contribution in [0.25, 0.3) is 0 Å². The maximum Gasteiger partial charge on any atom is 0.261 e. The van der Waals surface area contributed by atoms with E-state index in [0.29, 0.717) is 23.7 Å². The smallest absolute Gasteiger partial charge is 0.261 e. The van der Waals surface area contributed by atoms with Crippen molar-refractivity contribution in [3.8, 4) is 17.2 Å². The van der Waals surface area contributed by atoms with Gasteiger partial charge in [-0.2, -0.15) is 0 Å². The standard InChI is InChI=1S/C31H36N2O5/c1-36-26-16-10-13-24(19-26)21-33(30(34)22-38-29-18-9-8-17-28(29)37-2)27(20-23-11-4-3-5-12-23)31(35)32-25-14-6-7-15-25/h3-5,8-13,16-19,25,27H,6-7,14-15,20-22H2,1-2H3,(H,32,35)/t27-/m0/s1. The molecule has 0 radical (unpaired) electrons. The molecule has 1 aliphatic rings. The van der Waals surface area contributed by atoms with Crippen LogP contribution in [-0.4, -0.2) is 49.6 Å². The quantitative estimate of drug-likeness (QED) is 0.375. The molecule has 3 aromatic rings. The van der Waals surface area contributed by atoms with Crippen LogP contribution in [0.5, 0.6) is 17.2 Å². The van der Waals surface area contributed by atoms with Gasteiger partial charge in [-0.05, 0) is 48.2 Å². The van der Waals surface area contributed by atoms with Crippen molar-refractivity contribution < 1.29 is 23.8 Å². The van der Waals surface area contributed by atoms with Crippen LogP contribution in [0.15, 0.2) is 78.9 Å². The molecule has 4 rings (SSSR count). The Balaban J connectivity index is 1.63. The Bertz CT molecular complexity index is 1190. The highest BCUT2D eigenvalue weighted by Gasteiger charge is 2.32. The molecule has 0 spiro atoms. The Morgan fingerprint density at radius 1 is 0.868 bits per heavy atom. The van der Waals surface area contributed by atoms with Crippen molar-refractivity contribution >= 4 is 11.8 Å². The van der Waals surface area contributed by atoms with Gasteiger partial charge in [0.15, 0.2) is 18.1 Å². The minimum Gasteiger partial charge on any atom is -0.497 e. The predicted octanol–water partition coefficient (Wildman–Crippen LogP) is 4.78. The van der Waals surface area contributed by atoms with E-state index in [1.54, 1.807) is 31.3 Å². The number of nitrogens with one attached hydrogen (secondary N) is 1. The van der Waals surface area contributed by atoms with Crippen molar-refractivity contribution in [1.82, 2.24) is 10.2 Å². The molecule has 0 unspecified atom stereocenters. The van der Waals surface area contributed by atoms with Gasteiger partial charge in [-0.1, -0.05) is 67.4 Å². The monoisotopic (exact) mass is 516 g/mol. The first-order valence-electron chi connectivity index (χ1n) is 13.1. The normalized spacial score (nSPS) is 13.9. The van der Waals surface area contributed by atoms with Crippen LogP contribution in [0.1, 0.15) is 36.8 Å². The lowest BCUT2D eigenvalue weighted by atomic mass is 10.0. The Kier molecular flexibility index (Phi) is 9.62. The minimum absolute atomic E-state index is 0.138. The molecule has 3 aromatic carbocycles. The van der Waals surface area contributed by atoms with E-state index in [1.165, 1.54) is 0 Å². The van der Waals surface area contributed by atoms with Crippen molar-refractivity contribution in [1.29, 1.82) is 0 Å². The summed E-state index contributed by atoms with van der Waals surface area (Å²) in [4.78, 5) is 29.2. The molecular formula is C31H36N2O5. The van der Waals surface area contributed by atoms with E-state index in [2.05, 4.69) is 5.32 Å². The molecule has 1 atom stereocenters. The van der Waals surface area contributed by atoms with E-state index >= 15 is 0 Å². The molecule has 0 heterocycles. The molecule has 0 aliphatic heterocycles. The van der Waals surface area contributed by atoms with Crippen LogP contribution in [0.3, 0.4) is 0 Å². The maximum absolute atomic E-state index is 13.8. The van der Waals surface area contributed by atoms with Gasteiger partial charge < -0.3 is 24.4 Å². The highest BCUT2D eigenvalue weighted by atomic mass is 16.5. The number of carbonyl (C=O) groups excluding carboxylic acids is 2. The molecule has 1 N–H and O–H groups in total. The zero-order valence-corrected chi connectivity index (χ0v) is 22.1. The van der Waals surface area contributed by atoms with Crippen LogP contribution < -0.4 is 19.5 Å². The molecule has 0 bridgehead atoms. The van der Waals surface area contributed by atoms with Gasteiger partial charge in [-0.3, -0.25) is 9.59 Å². The summed E-state index contributed by atoms with van der Waals surface area (Å²) in [7, 11) is 3.17. The number of rotatable bonds is 12. The van der Waals surface area contributed by atoms with E-state index in [1.807, 2.05) is 66.7 Å². The summed E-state index contributed by atoms with van der Waals surface area (Å²) >= 11 is 0. The average Bonchev–Trinajstić information content (AvgIpc) is 3.47. The number of nitrogens with zero attached hydrogens (tertiary/aromatic N) is 1. The van der Waals surface area contributed by atoms with Gasteiger partial charge in [-0.15, -0.1) is 0 Å². The Morgan fingerprint density at radius 2 is 1.55 bits per heavy atom. The third-order valence-electron chi connectivity index (χ3n) is 6.88. The first-order chi connectivity index (χ1) is 18.6. The lowest BCUT2D eigenvalue weighted by Gasteiger charge is -2.32. The number of benzene rings is 3. The van der Waals surface area contributed by atoms with Crippen LogP contribution in [0.2, 0.25) is 0 Å². The average molecular weight is 517 g/mol. The number of ether oxygens (including phenoxy) is 3. The fourth-order valence-corrected chi connectivity index (χ4v) is 4.85. The summed E-state index contributed by atoms with van der Waals surface area (Å²) in [6.45, 7) is 0.00719. The number of para-hydroxylation sites is 2. The van der Waals surface area contributed by atoms with Crippen LogP contribution >= 0.6 is 0 Å². The topological polar surface area (TPSA) is 77.1 Å². The van der Waals surface area contributed by atoms with Gasteiger partial charge in [-0.25, -0.2) is 0 Å². The third-order valence-corrected chi connectivity index (χ3v) is 6.88. The molecule has 1 saturated carbocycles. The maximum atomic E-state index is 13.8. The minimum atomic E-state index is -0.710. The Labute approximate surface area is 224 Å². The van der Waals surface area contributed by atoms with Crippen LogP contribution in [-0.2, 0) is 22.6 Å². The van der Waals surface area contributed by atoms with Crippen molar-refractivity contribution in [2.24, 2.45) is 0 Å². The highest BCUT2D eigenvalue weighted by Crippen LogP contribution is 2.26. The summed E-state index contributed by atoms with van der Waals surface area (Å²) in [6.07, 6.45) is 4.53. The van der Waals surface area contributed by atoms with E-state index < -0.39 is 6.04 Å². The number of amides is 2. The number of hydrogen-bond acceptors (Lipinski definition) is 5. The van der Waals surface area contributed by atoms with Gasteiger partial charge in [0, 0.05) is 19.0 Å². The molecule has 7 heteroatoms. The summed E-state index contributed by atoms with van der Waals surface area (Å²) in [5.74, 6) is 1.27. The summed E-state index contributed by atoms with van der Waals surface area (Å²) < 4.78 is 16.7. The first-order valence-corrected chi connectivity index (χ1v) is 13.1. The largest absolute Gasteiger partial charge is 0.497 e. The fourth-order valence-electron chi connectivity index (χ4n) is 4.85. The summed E-state index contributed by atoms with van der Waals surface area (Å²) in [5, 5.41) is 3.22. The van der Waals surface area contributed by atoms with Crippen molar-refractivity contribution in [3.05, 3.63) is 90.0 Å². The Hall–Kier alpha value is -4.00. The number of hydrogen-bond donors (Lipinski definition) is 1. The van der Waals surface area contributed by atoms with E-state index in [4.69, 9.17) is 14.2 Å². The lowest BCUT2D eigenvalue weighted by molar-refractivity contribution is -0.143. The molecule has 200 valence electrons. The SMILES string of the molecule is COc1cccc(CN(C(=O)COc2ccccc2OC)[C@@H](Cc2ccccc2)C(=O)NC2CCCC2)c1. The summed E-state index contributed by atoms with van der Waals surface area (Å²) in [5.41, 5.74) is 1.84. The van der Waals surface area contributed by atoms with Crippen LogP contribution in [0, 0.1) is 0 Å². The lowest BCUT2D eigenvalue weighted by Crippen LogP contribution is -2.53. The Morgan fingerprint density at radius 3 is 2.26 bits per heavy atom. The summed E-state index contributed by atoms with van der Waals surface area (Å²) in [6, 6.07) is 24.0. The molecule has 1 fully saturated rings. The zero-order valence-electron chi connectivity index (χ0n) is 22.1. The molecule has 0 saturated heterocycles. The van der Waals surface area contributed by atoms with E-state index in [9.17, 15) is 9.59 Å². The predicted molar refractivity (Wildman–Crippen MR) is 146 cm³/mol. The molecule has 38 heavy (non-hydrogen) atoms.